The maximum absolute atomic E-state index is 6.10. The predicted molar refractivity (Wildman–Crippen MR) is 70.4 cm³/mol. The summed E-state index contributed by atoms with van der Waals surface area (Å²) < 4.78 is 5.34. The molecule has 2 N–H and O–H groups in total. The summed E-state index contributed by atoms with van der Waals surface area (Å²) in [4.78, 5) is 6.87. The van der Waals surface area contributed by atoms with Crippen molar-refractivity contribution in [3.05, 3.63) is 23.9 Å². The fourth-order valence-corrected chi connectivity index (χ4v) is 3.50. The van der Waals surface area contributed by atoms with Crippen LogP contribution in [-0.2, 0) is 6.54 Å². The minimum atomic E-state index is 0.398. The van der Waals surface area contributed by atoms with Gasteiger partial charge in [0.15, 0.2) is 0 Å². The Hall–Kier alpha value is -1.13. The third-order valence-corrected chi connectivity index (χ3v) is 4.32. The van der Waals surface area contributed by atoms with Gasteiger partial charge in [-0.15, -0.1) is 0 Å². The maximum atomic E-state index is 6.10. The van der Waals surface area contributed by atoms with E-state index in [0.29, 0.717) is 18.1 Å². The normalized spacial score (nSPS) is 31.6. The number of ether oxygens (including phenoxy) is 1. The molecule has 0 aromatic carbocycles. The lowest BCUT2D eigenvalue weighted by atomic mass is 9.97. The molecule has 0 aliphatic carbocycles. The summed E-state index contributed by atoms with van der Waals surface area (Å²) in [6.45, 7) is 0.944. The zero-order chi connectivity index (χ0) is 12.5. The van der Waals surface area contributed by atoms with E-state index in [-0.39, 0.29) is 0 Å². The molecule has 2 saturated heterocycles. The molecular formula is C14H21N3O. The van der Waals surface area contributed by atoms with Gasteiger partial charge in [0.1, 0.15) is 0 Å². The van der Waals surface area contributed by atoms with E-state index in [1.807, 2.05) is 6.07 Å². The van der Waals surface area contributed by atoms with Crippen LogP contribution in [0.4, 0.5) is 0 Å². The van der Waals surface area contributed by atoms with Crippen LogP contribution in [0, 0.1) is 0 Å². The minimum Gasteiger partial charge on any atom is -0.481 e. The standard InChI is InChI=1S/C14H21N3O/c1-18-14-10(3-2-6-16-14)9-17-12-4-5-13(17)8-11(15)7-12/h2-3,6,11-13H,4-5,7-9,15H2,1H3. The van der Waals surface area contributed by atoms with Gasteiger partial charge in [0, 0.05) is 36.4 Å². The van der Waals surface area contributed by atoms with Crippen molar-refractivity contribution in [2.24, 2.45) is 5.73 Å². The first kappa shape index (κ1) is 11.9. The maximum Gasteiger partial charge on any atom is 0.217 e. The predicted octanol–water partition coefficient (Wildman–Crippen LogP) is 1.54. The van der Waals surface area contributed by atoms with Crippen molar-refractivity contribution in [1.29, 1.82) is 0 Å². The number of fused-ring (bicyclic) bond motifs is 2. The van der Waals surface area contributed by atoms with Crippen LogP contribution >= 0.6 is 0 Å². The first-order chi connectivity index (χ1) is 8.78. The summed E-state index contributed by atoms with van der Waals surface area (Å²) in [5.74, 6) is 0.756. The Kier molecular flexibility index (Phi) is 3.22. The number of piperidine rings is 1. The van der Waals surface area contributed by atoms with Crippen molar-refractivity contribution in [2.75, 3.05) is 7.11 Å². The number of nitrogens with two attached hydrogens (primary N) is 1. The lowest BCUT2D eigenvalue weighted by Crippen LogP contribution is -2.46. The topological polar surface area (TPSA) is 51.4 Å². The third kappa shape index (κ3) is 2.10. The molecule has 18 heavy (non-hydrogen) atoms. The monoisotopic (exact) mass is 247 g/mol. The summed E-state index contributed by atoms with van der Waals surface area (Å²) in [5, 5.41) is 0. The molecule has 3 rings (SSSR count). The van der Waals surface area contributed by atoms with Crippen molar-refractivity contribution in [2.45, 2.75) is 50.4 Å². The lowest BCUT2D eigenvalue weighted by molar-refractivity contribution is 0.118. The number of methoxy groups -OCH3 is 1. The van der Waals surface area contributed by atoms with Crippen LogP contribution in [0.25, 0.3) is 0 Å². The largest absolute Gasteiger partial charge is 0.481 e. The van der Waals surface area contributed by atoms with Gasteiger partial charge in [0.05, 0.1) is 7.11 Å². The van der Waals surface area contributed by atoms with Gasteiger partial charge in [-0.3, -0.25) is 4.90 Å². The van der Waals surface area contributed by atoms with Gasteiger partial charge in [-0.2, -0.15) is 0 Å². The second-order valence-corrected chi connectivity index (χ2v) is 5.46. The van der Waals surface area contributed by atoms with Crippen molar-refractivity contribution in [1.82, 2.24) is 9.88 Å². The van der Waals surface area contributed by atoms with E-state index in [1.165, 1.54) is 18.4 Å². The average Bonchev–Trinajstić information content (AvgIpc) is 2.62. The highest BCUT2D eigenvalue weighted by Crippen LogP contribution is 2.36. The van der Waals surface area contributed by atoms with Gasteiger partial charge >= 0.3 is 0 Å². The lowest BCUT2D eigenvalue weighted by Gasteiger charge is -2.37. The molecule has 2 fully saturated rings. The SMILES string of the molecule is COc1ncccc1CN1C2CCC1CC(N)C2. The Morgan fingerprint density at radius 3 is 2.78 bits per heavy atom. The second kappa shape index (κ2) is 4.86. The zero-order valence-corrected chi connectivity index (χ0v) is 10.9. The van der Waals surface area contributed by atoms with E-state index in [0.717, 1.165) is 25.3 Å². The number of rotatable bonds is 3. The van der Waals surface area contributed by atoms with Crippen LogP contribution in [-0.4, -0.2) is 35.1 Å². The van der Waals surface area contributed by atoms with E-state index < -0.39 is 0 Å². The average molecular weight is 247 g/mol. The van der Waals surface area contributed by atoms with E-state index in [1.54, 1.807) is 13.3 Å². The molecule has 0 saturated carbocycles. The van der Waals surface area contributed by atoms with E-state index >= 15 is 0 Å². The molecule has 2 aliphatic rings. The number of aromatic nitrogens is 1. The molecule has 0 radical (unpaired) electrons. The van der Waals surface area contributed by atoms with Crippen LogP contribution < -0.4 is 10.5 Å². The molecule has 2 atom stereocenters. The summed E-state index contributed by atoms with van der Waals surface area (Å²) >= 11 is 0. The van der Waals surface area contributed by atoms with Gasteiger partial charge in [0.25, 0.3) is 0 Å². The minimum absolute atomic E-state index is 0.398. The quantitative estimate of drug-likeness (QED) is 0.880. The van der Waals surface area contributed by atoms with Gasteiger partial charge < -0.3 is 10.5 Å². The number of hydrogen-bond acceptors (Lipinski definition) is 4. The number of pyridine rings is 1. The van der Waals surface area contributed by atoms with Crippen LogP contribution in [0.1, 0.15) is 31.2 Å². The first-order valence-corrected chi connectivity index (χ1v) is 6.77. The Labute approximate surface area is 108 Å². The van der Waals surface area contributed by atoms with Gasteiger partial charge in [0.2, 0.25) is 5.88 Å². The molecule has 4 heteroatoms. The van der Waals surface area contributed by atoms with Crippen LogP contribution in [0.5, 0.6) is 5.88 Å². The molecule has 1 aromatic rings. The van der Waals surface area contributed by atoms with Crippen molar-refractivity contribution in [3.8, 4) is 5.88 Å². The number of nitrogens with zero attached hydrogens (tertiary/aromatic N) is 2. The molecule has 3 heterocycles. The highest BCUT2D eigenvalue weighted by Gasteiger charge is 2.39. The van der Waals surface area contributed by atoms with Crippen LogP contribution in [0.2, 0.25) is 0 Å². The Morgan fingerprint density at radius 2 is 2.11 bits per heavy atom. The van der Waals surface area contributed by atoms with Gasteiger partial charge in [-0.25, -0.2) is 4.98 Å². The zero-order valence-electron chi connectivity index (χ0n) is 10.9. The fourth-order valence-electron chi connectivity index (χ4n) is 3.50. The number of hydrogen-bond donors (Lipinski definition) is 1. The molecule has 4 nitrogen and oxygen atoms in total. The second-order valence-electron chi connectivity index (χ2n) is 5.46. The Balaban J connectivity index is 1.77. The Bertz CT molecular complexity index is 409. The molecule has 2 bridgehead atoms. The smallest absolute Gasteiger partial charge is 0.217 e. The van der Waals surface area contributed by atoms with Gasteiger partial charge in [-0.05, 0) is 31.7 Å². The van der Waals surface area contributed by atoms with Crippen LogP contribution in [0.3, 0.4) is 0 Å². The molecule has 0 spiro atoms. The van der Waals surface area contributed by atoms with E-state index in [4.69, 9.17) is 10.5 Å². The van der Waals surface area contributed by atoms with Crippen molar-refractivity contribution < 1.29 is 4.74 Å². The molecule has 0 amide bonds. The van der Waals surface area contributed by atoms with Crippen LogP contribution in [0.15, 0.2) is 18.3 Å². The summed E-state index contributed by atoms with van der Waals surface area (Å²) in [5.41, 5.74) is 7.29. The summed E-state index contributed by atoms with van der Waals surface area (Å²) in [7, 11) is 1.69. The first-order valence-electron chi connectivity index (χ1n) is 6.77. The molecular weight excluding hydrogens is 226 g/mol. The van der Waals surface area contributed by atoms with E-state index in [2.05, 4.69) is 16.0 Å². The van der Waals surface area contributed by atoms with Gasteiger partial charge in [-0.1, -0.05) is 6.07 Å². The van der Waals surface area contributed by atoms with Crippen molar-refractivity contribution in [3.63, 3.8) is 0 Å². The molecule has 2 unspecified atom stereocenters. The highest BCUT2D eigenvalue weighted by atomic mass is 16.5. The molecule has 1 aromatic heterocycles. The van der Waals surface area contributed by atoms with Crippen molar-refractivity contribution >= 4 is 0 Å². The summed E-state index contributed by atoms with van der Waals surface area (Å²) in [6.07, 6.45) is 6.64. The Morgan fingerprint density at radius 1 is 1.39 bits per heavy atom. The molecule has 98 valence electrons. The molecule has 2 aliphatic heterocycles. The highest BCUT2D eigenvalue weighted by molar-refractivity contribution is 5.25. The fraction of sp³-hybridized carbons (Fsp3) is 0.643. The van der Waals surface area contributed by atoms with E-state index in [9.17, 15) is 0 Å². The third-order valence-electron chi connectivity index (χ3n) is 4.32. The summed E-state index contributed by atoms with van der Waals surface area (Å²) in [6, 6.07) is 5.80.